The van der Waals surface area contributed by atoms with Gasteiger partial charge in [-0.1, -0.05) is 6.07 Å². The standard InChI is InChI=1S/C19H30N4O4/c1-4-26-19(24)23-10-8-15(9-11-23)22-18(20)21-13-14(2)27-17-7-5-6-16(12-17)25-3/h5-7,12,14-15H,4,8-11,13H2,1-3H3,(H3,20,21,22). The summed E-state index contributed by atoms with van der Waals surface area (Å²) in [7, 11) is 1.62. The minimum absolute atomic E-state index is 0.122. The van der Waals surface area contributed by atoms with Crippen molar-refractivity contribution in [3.63, 3.8) is 0 Å². The molecule has 1 aromatic carbocycles. The van der Waals surface area contributed by atoms with Crippen LogP contribution in [0.3, 0.4) is 0 Å². The highest BCUT2D eigenvalue weighted by atomic mass is 16.6. The maximum Gasteiger partial charge on any atom is 0.409 e. The van der Waals surface area contributed by atoms with Crippen LogP contribution in [0.4, 0.5) is 4.79 Å². The third-order valence-electron chi connectivity index (χ3n) is 4.27. The number of carbonyl (C=O) groups excluding carboxylic acids is 1. The van der Waals surface area contributed by atoms with Gasteiger partial charge in [-0.3, -0.25) is 0 Å². The molecule has 27 heavy (non-hydrogen) atoms. The molecule has 150 valence electrons. The van der Waals surface area contributed by atoms with E-state index in [1.165, 1.54) is 0 Å². The molecule has 1 fully saturated rings. The topological polar surface area (TPSA) is 98.4 Å². The zero-order chi connectivity index (χ0) is 19.6. The van der Waals surface area contributed by atoms with Crippen LogP contribution >= 0.6 is 0 Å². The molecule has 1 amide bonds. The number of guanidine groups is 1. The molecule has 1 saturated heterocycles. The van der Waals surface area contributed by atoms with E-state index in [1.54, 1.807) is 12.0 Å². The van der Waals surface area contributed by atoms with Crippen molar-refractivity contribution >= 4 is 12.1 Å². The van der Waals surface area contributed by atoms with Crippen LogP contribution in [-0.4, -0.2) is 62.4 Å². The Morgan fingerprint density at radius 2 is 2.07 bits per heavy atom. The van der Waals surface area contributed by atoms with Crippen molar-refractivity contribution in [2.45, 2.75) is 38.8 Å². The number of nitrogens with one attached hydrogen (secondary N) is 1. The zero-order valence-electron chi connectivity index (χ0n) is 16.3. The summed E-state index contributed by atoms with van der Waals surface area (Å²) in [6.07, 6.45) is 1.25. The molecule has 1 aliphatic rings. The Kier molecular flexibility index (Phi) is 8.03. The Bertz CT molecular complexity index is 630. The molecule has 1 aromatic rings. The fourth-order valence-corrected chi connectivity index (χ4v) is 2.85. The number of hydrogen-bond acceptors (Lipinski definition) is 5. The molecule has 0 saturated carbocycles. The highest BCUT2D eigenvalue weighted by molar-refractivity contribution is 5.78. The number of nitrogens with zero attached hydrogens (tertiary/aromatic N) is 2. The molecule has 0 radical (unpaired) electrons. The summed E-state index contributed by atoms with van der Waals surface area (Å²) in [5, 5.41) is 3.22. The lowest BCUT2D eigenvalue weighted by atomic mass is 10.1. The maximum absolute atomic E-state index is 11.7. The van der Waals surface area contributed by atoms with Gasteiger partial charge in [0.05, 0.1) is 20.3 Å². The molecule has 1 heterocycles. The Morgan fingerprint density at radius 1 is 1.37 bits per heavy atom. The van der Waals surface area contributed by atoms with Crippen LogP contribution in [0.1, 0.15) is 26.7 Å². The van der Waals surface area contributed by atoms with Gasteiger partial charge in [0.25, 0.3) is 0 Å². The Hall–Kier alpha value is -2.64. The number of hydrogen-bond donors (Lipinski definition) is 2. The van der Waals surface area contributed by atoms with Gasteiger partial charge < -0.3 is 30.2 Å². The molecule has 0 bridgehead atoms. The number of ether oxygens (including phenoxy) is 3. The largest absolute Gasteiger partial charge is 0.497 e. The van der Waals surface area contributed by atoms with Gasteiger partial charge in [0.2, 0.25) is 0 Å². The molecular weight excluding hydrogens is 348 g/mol. The predicted octanol–water partition coefficient (Wildman–Crippen LogP) is 1.99. The summed E-state index contributed by atoms with van der Waals surface area (Å²) < 4.78 is 16.0. The van der Waals surface area contributed by atoms with Gasteiger partial charge in [-0.25, -0.2) is 9.79 Å². The first-order valence-corrected chi connectivity index (χ1v) is 9.30. The molecule has 0 aromatic heterocycles. The average Bonchev–Trinajstić information content (AvgIpc) is 2.67. The first-order valence-electron chi connectivity index (χ1n) is 9.30. The van der Waals surface area contributed by atoms with Crippen LogP contribution in [0.5, 0.6) is 11.5 Å². The van der Waals surface area contributed by atoms with E-state index in [-0.39, 0.29) is 18.2 Å². The van der Waals surface area contributed by atoms with E-state index in [0.717, 1.165) is 24.3 Å². The Morgan fingerprint density at radius 3 is 2.74 bits per heavy atom. The number of amides is 1. The van der Waals surface area contributed by atoms with Gasteiger partial charge in [-0.05, 0) is 38.8 Å². The van der Waals surface area contributed by atoms with Gasteiger partial charge >= 0.3 is 6.09 Å². The molecule has 1 aliphatic heterocycles. The van der Waals surface area contributed by atoms with Gasteiger partial charge in [0, 0.05) is 25.2 Å². The minimum Gasteiger partial charge on any atom is -0.497 e. The summed E-state index contributed by atoms with van der Waals surface area (Å²) in [6, 6.07) is 7.66. The number of benzene rings is 1. The number of aliphatic imine (C=N–C) groups is 1. The summed E-state index contributed by atoms with van der Waals surface area (Å²) in [6.45, 7) is 5.89. The third kappa shape index (κ3) is 6.88. The summed E-state index contributed by atoms with van der Waals surface area (Å²) in [4.78, 5) is 17.8. The Balaban J connectivity index is 1.73. The van der Waals surface area contributed by atoms with Gasteiger partial charge in [0.1, 0.15) is 17.6 Å². The summed E-state index contributed by atoms with van der Waals surface area (Å²) in [5.74, 6) is 1.87. The molecule has 1 unspecified atom stereocenters. The molecule has 8 nitrogen and oxygen atoms in total. The van der Waals surface area contributed by atoms with E-state index in [1.807, 2.05) is 38.1 Å². The fourth-order valence-electron chi connectivity index (χ4n) is 2.85. The predicted molar refractivity (Wildman–Crippen MR) is 104 cm³/mol. The minimum atomic E-state index is -0.249. The molecule has 0 aliphatic carbocycles. The second kappa shape index (κ2) is 10.5. The van der Waals surface area contributed by atoms with Gasteiger partial charge in [-0.15, -0.1) is 0 Å². The van der Waals surface area contributed by atoms with E-state index < -0.39 is 0 Å². The van der Waals surface area contributed by atoms with Crippen molar-refractivity contribution in [3.8, 4) is 11.5 Å². The summed E-state index contributed by atoms with van der Waals surface area (Å²) >= 11 is 0. The second-order valence-corrected chi connectivity index (χ2v) is 6.44. The lowest BCUT2D eigenvalue weighted by Gasteiger charge is -2.31. The van der Waals surface area contributed by atoms with Crippen molar-refractivity contribution < 1.29 is 19.0 Å². The first kappa shape index (κ1) is 20.7. The maximum atomic E-state index is 11.7. The number of methoxy groups -OCH3 is 1. The van der Waals surface area contributed by atoms with Crippen molar-refractivity contribution in [1.29, 1.82) is 0 Å². The van der Waals surface area contributed by atoms with Crippen LogP contribution in [0.2, 0.25) is 0 Å². The molecule has 8 heteroatoms. The highest BCUT2D eigenvalue weighted by Crippen LogP contribution is 2.20. The van der Waals surface area contributed by atoms with Crippen molar-refractivity contribution in [2.24, 2.45) is 10.7 Å². The lowest BCUT2D eigenvalue weighted by molar-refractivity contribution is 0.0963. The number of nitrogens with two attached hydrogens (primary N) is 1. The van der Waals surface area contributed by atoms with E-state index in [0.29, 0.717) is 32.2 Å². The lowest BCUT2D eigenvalue weighted by Crippen LogP contribution is -2.48. The average molecular weight is 378 g/mol. The van der Waals surface area contributed by atoms with E-state index >= 15 is 0 Å². The Labute approximate surface area is 160 Å². The van der Waals surface area contributed by atoms with Crippen molar-refractivity contribution in [1.82, 2.24) is 10.2 Å². The molecule has 1 atom stereocenters. The molecule has 3 N–H and O–H groups in total. The zero-order valence-corrected chi connectivity index (χ0v) is 16.3. The number of piperidine rings is 1. The van der Waals surface area contributed by atoms with E-state index in [4.69, 9.17) is 19.9 Å². The smallest absolute Gasteiger partial charge is 0.409 e. The van der Waals surface area contributed by atoms with Crippen LogP contribution in [0, 0.1) is 0 Å². The van der Waals surface area contributed by atoms with Crippen LogP contribution in [0.25, 0.3) is 0 Å². The second-order valence-electron chi connectivity index (χ2n) is 6.44. The van der Waals surface area contributed by atoms with Crippen molar-refractivity contribution in [2.75, 3.05) is 33.4 Å². The normalized spacial score (nSPS) is 16.6. The van der Waals surface area contributed by atoms with E-state index in [2.05, 4.69) is 10.3 Å². The third-order valence-corrected chi connectivity index (χ3v) is 4.27. The highest BCUT2D eigenvalue weighted by Gasteiger charge is 2.23. The van der Waals surface area contributed by atoms with Gasteiger partial charge in [-0.2, -0.15) is 0 Å². The van der Waals surface area contributed by atoms with Crippen LogP contribution in [-0.2, 0) is 4.74 Å². The van der Waals surface area contributed by atoms with E-state index in [9.17, 15) is 4.79 Å². The van der Waals surface area contributed by atoms with Gasteiger partial charge in [0.15, 0.2) is 5.96 Å². The monoisotopic (exact) mass is 378 g/mol. The number of rotatable bonds is 7. The quantitative estimate of drug-likeness (QED) is 0.556. The molecule has 2 rings (SSSR count). The fraction of sp³-hybridized carbons (Fsp3) is 0.579. The van der Waals surface area contributed by atoms with Crippen LogP contribution < -0.4 is 20.5 Å². The summed E-state index contributed by atoms with van der Waals surface area (Å²) in [5.41, 5.74) is 5.99. The number of likely N-dealkylation sites (tertiary alicyclic amines) is 1. The molecule has 0 spiro atoms. The first-order chi connectivity index (χ1) is 13.0. The SMILES string of the molecule is CCOC(=O)N1CCC(NC(N)=NCC(C)Oc2cccc(OC)c2)CC1. The van der Waals surface area contributed by atoms with Crippen LogP contribution in [0.15, 0.2) is 29.3 Å². The van der Waals surface area contributed by atoms with Crippen molar-refractivity contribution in [3.05, 3.63) is 24.3 Å². The molecular formula is C19H30N4O4. The number of carbonyl (C=O) groups is 1.